The molecule has 0 saturated heterocycles. The molecule has 3 atom stereocenters. The van der Waals surface area contributed by atoms with Gasteiger partial charge >= 0.3 is 6.18 Å². The van der Waals surface area contributed by atoms with E-state index < -0.39 is 17.7 Å². The van der Waals surface area contributed by atoms with E-state index in [2.05, 4.69) is 4.99 Å². The Balaban J connectivity index is 2.16. The van der Waals surface area contributed by atoms with E-state index in [1.807, 2.05) is 6.92 Å². The number of hydrogen-bond acceptors (Lipinski definition) is 3. The van der Waals surface area contributed by atoms with Crippen molar-refractivity contribution >= 4 is 23.5 Å². The van der Waals surface area contributed by atoms with Gasteiger partial charge in [-0.15, -0.1) is 0 Å². The van der Waals surface area contributed by atoms with Crippen LogP contribution >= 0.6 is 11.6 Å². The lowest BCUT2D eigenvalue weighted by atomic mass is 9.77. The SMILES string of the molecule is COc1ccc(Cl)c(C(C)C(O)(c2ccc3c(c2)C(C)C=N3)C(F)(F)F)c1. The Labute approximate surface area is 160 Å². The summed E-state index contributed by atoms with van der Waals surface area (Å²) in [6.45, 7) is 3.15. The lowest BCUT2D eigenvalue weighted by Gasteiger charge is -2.37. The standard InChI is InChI=1S/C20H19ClF3NO2/c1-11-10-25-18-7-4-13(8-15(11)18)19(26,20(22,23)24)12(2)16-9-14(27-3)5-6-17(16)21/h4-12,26H,1-3H3. The van der Waals surface area contributed by atoms with E-state index in [1.165, 1.54) is 44.4 Å². The molecule has 1 aliphatic rings. The zero-order valence-corrected chi connectivity index (χ0v) is 15.8. The lowest BCUT2D eigenvalue weighted by Crippen LogP contribution is -2.46. The summed E-state index contributed by atoms with van der Waals surface area (Å²) in [5.41, 5.74) is -1.94. The highest BCUT2D eigenvalue weighted by Crippen LogP contribution is 2.51. The molecule has 144 valence electrons. The van der Waals surface area contributed by atoms with Gasteiger partial charge in [-0.25, -0.2) is 0 Å². The summed E-state index contributed by atoms with van der Waals surface area (Å²) in [5.74, 6) is -1.12. The van der Waals surface area contributed by atoms with Crippen LogP contribution in [0.5, 0.6) is 5.75 Å². The van der Waals surface area contributed by atoms with Crippen molar-refractivity contribution in [3.63, 3.8) is 0 Å². The summed E-state index contributed by atoms with van der Waals surface area (Å²) >= 11 is 6.15. The Bertz CT molecular complexity index is 897. The van der Waals surface area contributed by atoms with Crippen LogP contribution in [0, 0.1) is 0 Å². The number of alkyl halides is 3. The zero-order valence-electron chi connectivity index (χ0n) is 15.0. The van der Waals surface area contributed by atoms with E-state index >= 15 is 0 Å². The predicted octanol–water partition coefficient (Wildman–Crippen LogP) is 5.72. The molecule has 2 aromatic rings. The number of rotatable bonds is 4. The van der Waals surface area contributed by atoms with E-state index in [4.69, 9.17) is 16.3 Å². The minimum atomic E-state index is -4.92. The predicted molar refractivity (Wildman–Crippen MR) is 99.4 cm³/mol. The molecule has 0 saturated carbocycles. The number of nitrogens with zero attached hydrogens (tertiary/aromatic N) is 1. The van der Waals surface area contributed by atoms with Crippen molar-refractivity contribution in [2.75, 3.05) is 7.11 Å². The highest BCUT2D eigenvalue weighted by atomic mass is 35.5. The minimum absolute atomic E-state index is 0.117. The average molecular weight is 398 g/mol. The maximum atomic E-state index is 14.1. The van der Waals surface area contributed by atoms with Crippen molar-refractivity contribution in [2.45, 2.75) is 37.5 Å². The number of aliphatic hydroxyl groups is 1. The molecule has 0 spiro atoms. The molecular weight excluding hydrogens is 379 g/mol. The maximum absolute atomic E-state index is 14.1. The number of aliphatic imine (C=N–C) groups is 1. The number of methoxy groups -OCH3 is 1. The normalized spacial score (nSPS) is 19.5. The van der Waals surface area contributed by atoms with Gasteiger partial charge < -0.3 is 9.84 Å². The van der Waals surface area contributed by atoms with Gasteiger partial charge in [0.05, 0.1) is 12.8 Å². The van der Waals surface area contributed by atoms with Crippen LogP contribution in [0.1, 0.15) is 42.4 Å². The highest BCUT2D eigenvalue weighted by molar-refractivity contribution is 6.31. The largest absolute Gasteiger partial charge is 0.497 e. The molecule has 27 heavy (non-hydrogen) atoms. The van der Waals surface area contributed by atoms with Gasteiger partial charge in [0.1, 0.15) is 5.75 Å². The Hall–Kier alpha value is -2.05. The molecule has 3 nitrogen and oxygen atoms in total. The molecule has 2 aromatic carbocycles. The van der Waals surface area contributed by atoms with Gasteiger partial charge in [0.25, 0.3) is 0 Å². The molecule has 0 bridgehead atoms. The van der Waals surface area contributed by atoms with E-state index in [1.54, 1.807) is 12.3 Å². The first-order valence-electron chi connectivity index (χ1n) is 8.40. The van der Waals surface area contributed by atoms with Crippen molar-refractivity contribution < 1.29 is 23.0 Å². The third-order valence-electron chi connectivity index (χ3n) is 5.12. The second-order valence-corrected chi connectivity index (χ2v) is 7.12. The molecule has 1 aliphatic heterocycles. The van der Waals surface area contributed by atoms with Gasteiger partial charge in [-0.2, -0.15) is 13.2 Å². The Morgan fingerprint density at radius 2 is 1.89 bits per heavy atom. The number of ether oxygens (including phenoxy) is 1. The molecule has 7 heteroatoms. The van der Waals surface area contributed by atoms with E-state index in [-0.39, 0.29) is 22.1 Å². The molecule has 0 aromatic heterocycles. The number of benzene rings is 2. The topological polar surface area (TPSA) is 41.8 Å². The van der Waals surface area contributed by atoms with Crippen molar-refractivity contribution in [1.29, 1.82) is 0 Å². The smallest absolute Gasteiger partial charge is 0.422 e. The van der Waals surface area contributed by atoms with E-state index in [9.17, 15) is 18.3 Å². The van der Waals surface area contributed by atoms with Crippen LogP contribution in [0.25, 0.3) is 0 Å². The minimum Gasteiger partial charge on any atom is -0.497 e. The summed E-state index contributed by atoms with van der Waals surface area (Å²) < 4.78 is 47.5. The second-order valence-electron chi connectivity index (χ2n) is 6.71. The monoisotopic (exact) mass is 397 g/mol. The fraction of sp³-hybridized carbons (Fsp3) is 0.350. The first kappa shape index (κ1) is 19.7. The van der Waals surface area contributed by atoms with Crippen LogP contribution in [0.4, 0.5) is 18.9 Å². The Kier molecular flexibility index (Phi) is 4.99. The van der Waals surface area contributed by atoms with E-state index in [0.29, 0.717) is 17.0 Å². The van der Waals surface area contributed by atoms with Gasteiger partial charge in [-0.05, 0) is 47.0 Å². The van der Waals surface area contributed by atoms with Gasteiger partial charge in [-0.1, -0.05) is 31.5 Å². The summed E-state index contributed by atoms with van der Waals surface area (Å²) in [6, 6.07) is 8.59. The molecule has 3 rings (SSSR count). The molecule has 0 fully saturated rings. The molecule has 1 heterocycles. The zero-order chi connectivity index (χ0) is 20.0. The van der Waals surface area contributed by atoms with Crippen LogP contribution < -0.4 is 4.74 Å². The van der Waals surface area contributed by atoms with E-state index in [0.717, 1.165) is 0 Å². The van der Waals surface area contributed by atoms with Crippen LogP contribution in [0.15, 0.2) is 41.4 Å². The molecule has 1 N–H and O–H groups in total. The average Bonchev–Trinajstić information content (AvgIpc) is 3.00. The molecular formula is C20H19ClF3NO2. The third kappa shape index (κ3) is 3.21. The molecule has 3 unspecified atom stereocenters. The number of fused-ring (bicyclic) bond motifs is 1. The maximum Gasteiger partial charge on any atom is 0.422 e. The molecule has 0 aliphatic carbocycles. The Morgan fingerprint density at radius 1 is 1.19 bits per heavy atom. The van der Waals surface area contributed by atoms with Crippen LogP contribution in [0.2, 0.25) is 5.02 Å². The van der Waals surface area contributed by atoms with Crippen LogP contribution in [-0.4, -0.2) is 24.6 Å². The van der Waals surface area contributed by atoms with Crippen LogP contribution in [-0.2, 0) is 5.60 Å². The number of halogens is 4. The summed E-state index contributed by atoms with van der Waals surface area (Å²) in [4.78, 5) is 4.18. The van der Waals surface area contributed by atoms with Gasteiger partial charge in [0.15, 0.2) is 5.60 Å². The first-order valence-corrected chi connectivity index (χ1v) is 8.78. The van der Waals surface area contributed by atoms with Gasteiger partial charge in [0.2, 0.25) is 0 Å². The van der Waals surface area contributed by atoms with Crippen LogP contribution in [0.3, 0.4) is 0 Å². The van der Waals surface area contributed by atoms with Crippen molar-refractivity contribution in [2.24, 2.45) is 4.99 Å². The van der Waals surface area contributed by atoms with Gasteiger partial charge in [0, 0.05) is 23.1 Å². The highest BCUT2D eigenvalue weighted by Gasteiger charge is 2.59. The quantitative estimate of drug-likeness (QED) is 0.716. The summed E-state index contributed by atoms with van der Waals surface area (Å²) in [7, 11) is 1.41. The fourth-order valence-electron chi connectivity index (χ4n) is 3.41. The van der Waals surface area contributed by atoms with Crippen molar-refractivity contribution in [3.8, 4) is 5.75 Å². The molecule has 0 amide bonds. The number of hydrogen-bond donors (Lipinski definition) is 1. The Morgan fingerprint density at radius 3 is 2.52 bits per heavy atom. The molecule has 0 radical (unpaired) electrons. The van der Waals surface area contributed by atoms with Crippen molar-refractivity contribution in [1.82, 2.24) is 0 Å². The third-order valence-corrected chi connectivity index (χ3v) is 5.47. The van der Waals surface area contributed by atoms with Gasteiger partial charge in [-0.3, -0.25) is 4.99 Å². The summed E-state index contributed by atoms with van der Waals surface area (Å²) in [6.07, 6.45) is -3.25. The first-order chi connectivity index (χ1) is 12.6. The lowest BCUT2D eigenvalue weighted by molar-refractivity contribution is -0.274. The summed E-state index contributed by atoms with van der Waals surface area (Å²) in [5, 5.41) is 11.1. The second kappa shape index (κ2) is 6.84. The van der Waals surface area contributed by atoms with Crippen molar-refractivity contribution in [3.05, 3.63) is 58.1 Å². The fourth-order valence-corrected chi connectivity index (χ4v) is 3.69.